The number of carboxylic acids is 1. The van der Waals surface area contributed by atoms with Gasteiger partial charge in [-0.05, 0) is 80.9 Å². The van der Waals surface area contributed by atoms with Gasteiger partial charge in [0.1, 0.15) is 0 Å². The first kappa shape index (κ1) is 30.9. The number of benzene rings is 5. The van der Waals surface area contributed by atoms with Gasteiger partial charge in [0.2, 0.25) is 10.0 Å². The molecule has 5 aromatic carbocycles. The number of pyridine rings is 1. The molecule has 1 heterocycles. The fourth-order valence-electron chi connectivity index (χ4n) is 5.30. The lowest BCUT2D eigenvalue weighted by molar-refractivity contribution is 0.0697. The lowest BCUT2D eigenvalue weighted by Crippen LogP contribution is -2.30. The van der Waals surface area contributed by atoms with Crippen LogP contribution in [0.5, 0.6) is 0 Å². The molecule has 6 aromatic rings. The van der Waals surface area contributed by atoms with E-state index in [4.69, 9.17) is 11.6 Å². The summed E-state index contributed by atoms with van der Waals surface area (Å²) in [4.78, 5) is 16.0. The average Bonchev–Trinajstić information content (AvgIpc) is 3.09. The molecule has 0 aliphatic carbocycles. The standard InChI is InChI=1S/C38H29ClN2O4S/c39-34-19-15-31(16-20-34)32-17-21-35(22-18-32)46(44,45)41(26-28-4-3-23-40-24-28)25-27-7-9-29(10-8-27)30-11-13-33(14-12-30)36-5-1-2-6-37(36)38(42)43/h1-24H,25-26H2,(H,42,43). The first-order chi connectivity index (χ1) is 22.3. The van der Waals surface area contributed by atoms with Gasteiger partial charge in [0.05, 0.1) is 10.5 Å². The smallest absolute Gasteiger partial charge is 0.336 e. The Labute approximate surface area is 273 Å². The molecular weight excluding hydrogens is 616 g/mol. The van der Waals surface area contributed by atoms with Crippen LogP contribution >= 0.6 is 11.6 Å². The second-order valence-corrected chi connectivity index (χ2v) is 13.2. The van der Waals surface area contributed by atoms with Crippen molar-refractivity contribution in [3.8, 4) is 33.4 Å². The van der Waals surface area contributed by atoms with Crippen LogP contribution in [-0.4, -0.2) is 28.8 Å². The summed E-state index contributed by atoms with van der Waals surface area (Å²) in [5.74, 6) is -0.968. The molecule has 1 N–H and O–H groups in total. The van der Waals surface area contributed by atoms with Crippen LogP contribution < -0.4 is 0 Å². The summed E-state index contributed by atoms with van der Waals surface area (Å²) in [5.41, 5.74) is 7.10. The summed E-state index contributed by atoms with van der Waals surface area (Å²) >= 11 is 6.03. The molecule has 0 aliphatic heterocycles. The molecule has 0 unspecified atom stereocenters. The number of carbonyl (C=O) groups is 1. The number of hydrogen-bond donors (Lipinski definition) is 1. The van der Waals surface area contributed by atoms with Crippen molar-refractivity contribution in [3.05, 3.63) is 168 Å². The predicted octanol–water partition coefficient (Wildman–Crippen LogP) is 8.83. The lowest BCUT2D eigenvalue weighted by Gasteiger charge is -2.23. The molecule has 1 aromatic heterocycles. The van der Waals surface area contributed by atoms with Gasteiger partial charge in [0, 0.05) is 30.5 Å². The molecular formula is C38H29ClN2O4S. The SMILES string of the molecule is O=C(O)c1ccccc1-c1ccc(-c2ccc(CN(Cc3cccnc3)S(=O)(=O)c3ccc(-c4ccc(Cl)cc4)cc3)cc2)cc1. The molecule has 0 saturated heterocycles. The molecule has 0 saturated carbocycles. The number of sulfonamides is 1. The fraction of sp³-hybridized carbons (Fsp3) is 0.0526. The molecule has 6 rings (SSSR count). The van der Waals surface area contributed by atoms with Crippen LogP contribution in [0.1, 0.15) is 21.5 Å². The molecule has 0 bridgehead atoms. The van der Waals surface area contributed by atoms with E-state index >= 15 is 0 Å². The minimum Gasteiger partial charge on any atom is -0.478 e. The highest BCUT2D eigenvalue weighted by Gasteiger charge is 2.25. The van der Waals surface area contributed by atoms with Crippen molar-refractivity contribution >= 4 is 27.6 Å². The number of carboxylic acid groups (broad SMARTS) is 1. The summed E-state index contributed by atoms with van der Waals surface area (Å²) in [5, 5.41) is 10.2. The monoisotopic (exact) mass is 644 g/mol. The van der Waals surface area contributed by atoms with Crippen LogP contribution in [0, 0.1) is 0 Å². The third kappa shape index (κ3) is 6.92. The zero-order valence-corrected chi connectivity index (χ0v) is 26.2. The molecule has 0 fully saturated rings. The Hall–Kier alpha value is -5.08. The summed E-state index contributed by atoms with van der Waals surface area (Å²) in [7, 11) is -3.86. The predicted molar refractivity (Wildman–Crippen MR) is 182 cm³/mol. The van der Waals surface area contributed by atoms with Crippen LogP contribution in [0.25, 0.3) is 33.4 Å². The third-order valence-electron chi connectivity index (χ3n) is 7.75. The van der Waals surface area contributed by atoms with E-state index in [1.165, 1.54) is 4.31 Å². The van der Waals surface area contributed by atoms with Crippen molar-refractivity contribution in [2.45, 2.75) is 18.0 Å². The number of hydrogen-bond acceptors (Lipinski definition) is 4. The lowest BCUT2D eigenvalue weighted by atomic mass is 9.96. The summed E-state index contributed by atoms with van der Waals surface area (Å²) < 4.78 is 29.4. The van der Waals surface area contributed by atoms with Crippen molar-refractivity contribution in [1.29, 1.82) is 0 Å². The van der Waals surface area contributed by atoms with Gasteiger partial charge in [-0.2, -0.15) is 4.31 Å². The second-order valence-electron chi connectivity index (χ2n) is 10.8. The second kappa shape index (κ2) is 13.5. The van der Waals surface area contributed by atoms with Gasteiger partial charge in [-0.25, -0.2) is 13.2 Å². The Morgan fingerprint density at radius 3 is 1.74 bits per heavy atom. The first-order valence-electron chi connectivity index (χ1n) is 14.5. The van der Waals surface area contributed by atoms with E-state index < -0.39 is 16.0 Å². The Kier molecular flexibility index (Phi) is 9.08. The molecule has 0 aliphatic rings. The highest BCUT2D eigenvalue weighted by molar-refractivity contribution is 7.89. The molecule has 0 radical (unpaired) electrons. The van der Waals surface area contributed by atoms with Gasteiger partial charge in [0.25, 0.3) is 0 Å². The highest BCUT2D eigenvalue weighted by atomic mass is 35.5. The van der Waals surface area contributed by atoms with Crippen molar-refractivity contribution in [3.63, 3.8) is 0 Å². The van der Waals surface area contributed by atoms with Gasteiger partial charge in [-0.15, -0.1) is 0 Å². The van der Waals surface area contributed by atoms with E-state index in [0.29, 0.717) is 10.6 Å². The number of nitrogens with zero attached hydrogens (tertiary/aromatic N) is 2. The summed E-state index contributed by atoms with van der Waals surface area (Å²) in [6.45, 7) is 0.331. The molecule has 0 amide bonds. The van der Waals surface area contributed by atoms with E-state index in [1.54, 1.807) is 73.1 Å². The molecule has 46 heavy (non-hydrogen) atoms. The number of halogens is 1. The van der Waals surface area contributed by atoms with Crippen LogP contribution in [0.3, 0.4) is 0 Å². The maximum absolute atomic E-state index is 14.0. The molecule has 0 spiro atoms. The summed E-state index contributed by atoms with van der Waals surface area (Å²) in [6.07, 6.45) is 3.34. The molecule has 0 atom stereocenters. The van der Waals surface area contributed by atoms with Crippen molar-refractivity contribution in [2.24, 2.45) is 0 Å². The number of aromatic nitrogens is 1. The minimum absolute atomic E-state index is 0.163. The Morgan fingerprint density at radius 1 is 0.630 bits per heavy atom. The van der Waals surface area contributed by atoms with E-state index in [2.05, 4.69) is 4.98 Å². The molecule has 6 nitrogen and oxygen atoms in total. The minimum atomic E-state index is -3.86. The number of aromatic carboxylic acids is 1. The first-order valence-corrected chi connectivity index (χ1v) is 16.4. The average molecular weight is 645 g/mol. The van der Waals surface area contributed by atoms with Crippen molar-refractivity contribution in [1.82, 2.24) is 9.29 Å². The Balaban J connectivity index is 1.24. The number of rotatable bonds is 10. The quantitative estimate of drug-likeness (QED) is 0.161. The zero-order valence-electron chi connectivity index (χ0n) is 24.6. The van der Waals surface area contributed by atoms with Gasteiger partial charge in [-0.3, -0.25) is 4.98 Å². The topological polar surface area (TPSA) is 87.6 Å². The van der Waals surface area contributed by atoms with Gasteiger partial charge < -0.3 is 5.11 Å². The molecule has 228 valence electrons. The maximum atomic E-state index is 14.0. The highest BCUT2D eigenvalue weighted by Crippen LogP contribution is 2.29. The van der Waals surface area contributed by atoms with E-state index in [0.717, 1.165) is 38.9 Å². The molecule has 8 heteroatoms. The van der Waals surface area contributed by atoms with Gasteiger partial charge >= 0.3 is 5.97 Å². The largest absolute Gasteiger partial charge is 0.478 e. The normalized spacial score (nSPS) is 11.4. The van der Waals surface area contributed by atoms with E-state index in [-0.39, 0.29) is 23.5 Å². The van der Waals surface area contributed by atoms with Crippen molar-refractivity contribution in [2.75, 3.05) is 0 Å². The van der Waals surface area contributed by atoms with E-state index in [1.807, 2.05) is 72.8 Å². The van der Waals surface area contributed by atoms with Crippen LogP contribution in [-0.2, 0) is 23.1 Å². The Bertz CT molecular complexity index is 2070. The van der Waals surface area contributed by atoms with Crippen LogP contribution in [0.2, 0.25) is 5.02 Å². The Morgan fingerprint density at radius 2 is 1.15 bits per heavy atom. The van der Waals surface area contributed by atoms with Gasteiger partial charge in [0.15, 0.2) is 0 Å². The maximum Gasteiger partial charge on any atom is 0.336 e. The van der Waals surface area contributed by atoms with Crippen molar-refractivity contribution < 1.29 is 18.3 Å². The fourth-order valence-corrected chi connectivity index (χ4v) is 6.84. The summed E-state index contributed by atoms with van der Waals surface area (Å²) in [6, 6.07) is 40.4. The van der Waals surface area contributed by atoms with Gasteiger partial charge in [-0.1, -0.05) is 109 Å². The van der Waals surface area contributed by atoms with E-state index in [9.17, 15) is 18.3 Å². The zero-order chi connectivity index (χ0) is 32.1. The van der Waals surface area contributed by atoms with Crippen LogP contribution in [0.4, 0.5) is 0 Å². The third-order valence-corrected chi connectivity index (χ3v) is 9.81. The van der Waals surface area contributed by atoms with Crippen LogP contribution in [0.15, 0.2) is 151 Å².